The van der Waals surface area contributed by atoms with Gasteiger partial charge in [-0.15, -0.1) is 0 Å². The van der Waals surface area contributed by atoms with Crippen LogP contribution in [0.2, 0.25) is 0 Å². The third kappa shape index (κ3) is 8.96. The Hall–Kier alpha value is -1.36. The first kappa shape index (κ1) is 16.1. The van der Waals surface area contributed by atoms with Crippen molar-refractivity contribution >= 4 is 0 Å². The minimum atomic E-state index is -0.477. The summed E-state index contributed by atoms with van der Waals surface area (Å²) in [5.41, 5.74) is 1.29. The summed E-state index contributed by atoms with van der Waals surface area (Å²) in [6.45, 7) is 14.6. The average molecular weight is 209 g/mol. The van der Waals surface area contributed by atoms with Crippen LogP contribution in [0.5, 0.6) is 0 Å². The largest absolute Gasteiger partial charge is 0.208 e. The number of nitriles is 1. The zero-order valence-corrected chi connectivity index (χ0v) is 10.1. The van der Waals surface area contributed by atoms with Gasteiger partial charge in [-0.3, -0.25) is 0 Å². The summed E-state index contributed by atoms with van der Waals surface area (Å²) in [7, 11) is 0. The number of hydrogen-bond acceptors (Lipinski definition) is 1. The molecule has 0 heterocycles. The molecule has 0 aliphatic heterocycles. The van der Waals surface area contributed by atoms with E-state index in [1.54, 1.807) is 0 Å². The van der Waals surface area contributed by atoms with E-state index in [1.165, 1.54) is 6.08 Å². The van der Waals surface area contributed by atoms with Gasteiger partial charge < -0.3 is 0 Å². The fraction of sp³-hybridized carbons (Fsp3) is 0.462. The predicted octanol–water partition coefficient (Wildman–Crippen LogP) is 4.55. The Morgan fingerprint density at radius 3 is 2.13 bits per heavy atom. The first-order valence-corrected chi connectivity index (χ1v) is 5.10. The van der Waals surface area contributed by atoms with Crippen LogP contribution in [-0.4, -0.2) is 0 Å². The Labute approximate surface area is 92.6 Å². The molecule has 0 spiro atoms. The molecule has 0 rings (SSSR count). The summed E-state index contributed by atoms with van der Waals surface area (Å²) in [4.78, 5) is 0. The Bertz CT molecular complexity index is 279. The second-order valence-electron chi connectivity index (χ2n) is 3.21. The summed E-state index contributed by atoms with van der Waals surface area (Å²) in [6.07, 6.45) is 1.80. The zero-order chi connectivity index (χ0) is 12.4. The second kappa shape index (κ2) is 9.21. The lowest BCUT2D eigenvalue weighted by atomic mass is 9.96. The normalized spacial score (nSPS) is 10.1. The molecule has 0 atom stereocenters. The molecule has 0 aliphatic rings. The molecule has 0 N–H and O–H groups in total. The van der Waals surface area contributed by atoms with Gasteiger partial charge in [0.2, 0.25) is 0 Å². The third-order valence-electron chi connectivity index (χ3n) is 1.66. The predicted molar refractivity (Wildman–Crippen MR) is 63.9 cm³/mol. The van der Waals surface area contributed by atoms with Crippen LogP contribution < -0.4 is 0 Å². The van der Waals surface area contributed by atoms with Crippen LogP contribution >= 0.6 is 0 Å². The quantitative estimate of drug-likeness (QED) is 0.492. The van der Waals surface area contributed by atoms with Crippen molar-refractivity contribution in [2.24, 2.45) is 5.92 Å². The van der Waals surface area contributed by atoms with Gasteiger partial charge in [0.15, 0.2) is 0 Å². The standard InChI is InChI=1S/C11H14FN.C2H6/c1-8(2)11(6-10(4)12)5-9(3)7-13;1-2/h6,8H,3-5H2,1-2H3;1-2H3. The summed E-state index contributed by atoms with van der Waals surface area (Å²) in [6, 6.07) is 1.94. The van der Waals surface area contributed by atoms with Gasteiger partial charge in [0.25, 0.3) is 0 Å². The molecule has 0 saturated heterocycles. The van der Waals surface area contributed by atoms with Gasteiger partial charge in [-0.2, -0.15) is 5.26 Å². The number of allylic oxidation sites excluding steroid dienone is 4. The minimum absolute atomic E-state index is 0.206. The molecule has 0 aromatic rings. The highest BCUT2D eigenvalue weighted by molar-refractivity contribution is 5.28. The Kier molecular flexibility index (Phi) is 9.87. The highest BCUT2D eigenvalue weighted by Crippen LogP contribution is 2.19. The fourth-order valence-corrected chi connectivity index (χ4v) is 0.909. The maximum Gasteiger partial charge on any atom is 0.116 e. The van der Waals surface area contributed by atoms with Crippen molar-refractivity contribution in [2.45, 2.75) is 34.1 Å². The number of rotatable bonds is 4. The molecule has 0 saturated carbocycles. The highest BCUT2D eigenvalue weighted by atomic mass is 19.1. The van der Waals surface area contributed by atoms with E-state index >= 15 is 0 Å². The summed E-state index contributed by atoms with van der Waals surface area (Å²) in [5, 5.41) is 8.51. The van der Waals surface area contributed by atoms with Crippen LogP contribution in [0.15, 0.2) is 36.2 Å². The fourth-order valence-electron chi connectivity index (χ4n) is 0.909. The topological polar surface area (TPSA) is 23.8 Å². The molecule has 0 aliphatic carbocycles. The maximum absolute atomic E-state index is 12.5. The van der Waals surface area contributed by atoms with Crippen LogP contribution in [0.1, 0.15) is 34.1 Å². The Morgan fingerprint density at radius 1 is 1.40 bits per heavy atom. The lowest BCUT2D eigenvalue weighted by Crippen LogP contribution is -1.95. The molecular weight excluding hydrogens is 189 g/mol. The van der Waals surface area contributed by atoms with Gasteiger partial charge in [-0.1, -0.05) is 46.4 Å². The molecule has 2 heteroatoms. The maximum atomic E-state index is 12.5. The van der Waals surface area contributed by atoms with Crippen LogP contribution in [0.3, 0.4) is 0 Å². The monoisotopic (exact) mass is 209 g/mol. The van der Waals surface area contributed by atoms with E-state index in [0.717, 1.165) is 5.57 Å². The van der Waals surface area contributed by atoms with Crippen molar-refractivity contribution < 1.29 is 4.39 Å². The molecule has 15 heavy (non-hydrogen) atoms. The van der Waals surface area contributed by atoms with Gasteiger partial charge in [-0.25, -0.2) is 4.39 Å². The molecule has 1 nitrogen and oxygen atoms in total. The SMILES string of the molecule is C=C(F)C=C(CC(=C)C#N)C(C)C.CC. The molecule has 0 fully saturated rings. The summed E-state index contributed by atoms with van der Waals surface area (Å²) >= 11 is 0. The third-order valence-corrected chi connectivity index (χ3v) is 1.66. The van der Waals surface area contributed by atoms with Crippen molar-refractivity contribution in [3.63, 3.8) is 0 Å². The van der Waals surface area contributed by atoms with Crippen molar-refractivity contribution in [1.29, 1.82) is 5.26 Å². The van der Waals surface area contributed by atoms with Gasteiger partial charge in [-0.05, 0) is 12.0 Å². The Morgan fingerprint density at radius 2 is 1.87 bits per heavy atom. The molecule has 0 unspecified atom stereocenters. The van der Waals surface area contributed by atoms with Crippen molar-refractivity contribution in [1.82, 2.24) is 0 Å². The van der Waals surface area contributed by atoms with E-state index in [2.05, 4.69) is 13.2 Å². The van der Waals surface area contributed by atoms with Crippen molar-refractivity contribution in [2.75, 3.05) is 0 Å². The van der Waals surface area contributed by atoms with Crippen LogP contribution in [0.4, 0.5) is 4.39 Å². The molecule has 0 amide bonds. The van der Waals surface area contributed by atoms with E-state index in [9.17, 15) is 4.39 Å². The Balaban J connectivity index is 0. The molecule has 0 aromatic heterocycles. The summed E-state index contributed by atoms with van der Waals surface area (Å²) < 4.78 is 12.5. The van der Waals surface area contributed by atoms with E-state index in [4.69, 9.17) is 5.26 Å². The first-order chi connectivity index (χ1) is 6.97. The summed E-state index contributed by atoms with van der Waals surface area (Å²) in [5.74, 6) is -0.271. The van der Waals surface area contributed by atoms with Gasteiger partial charge in [0.1, 0.15) is 5.83 Å². The smallest absolute Gasteiger partial charge is 0.116 e. The molecular formula is C13H20FN. The molecule has 0 bridgehead atoms. The van der Waals surface area contributed by atoms with E-state index < -0.39 is 5.83 Å². The van der Waals surface area contributed by atoms with Crippen LogP contribution in [0, 0.1) is 17.2 Å². The van der Waals surface area contributed by atoms with E-state index in [0.29, 0.717) is 12.0 Å². The lowest BCUT2D eigenvalue weighted by molar-refractivity contribution is 0.657. The van der Waals surface area contributed by atoms with Gasteiger partial charge >= 0.3 is 0 Å². The average Bonchev–Trinajstić information content (AvgIpc) is 2.18. The molecule has 84 valence electrons. The second-order valence-corrected chi connectivity index (χ2v) is 3.21. The van der Waals surface area contributed by atoms with Crippen LogP contribution in [0.25, 0.3) is 0 Å². The molecule has 0 radical (unpaired) electrons. The lowest BCUT2D eigenvalue weighted by Gasteiger charge is -2.09. The number of nitrogens with zero attached hydrogens (tertiary/aromatic N) is 1. The highest BCUT2D eigenvalue weighted by Gasteiger charge is 2.05. The minimum Gasteiger partial charge on any atom is -0.208 e. The van der Waals surface area contributed by atoms with Crippen molar-refractivity contribution in [3.05, 3.63) is 36.2 Å². The zero-order valence-electron chi connectivity index (χ0n) is 10.1. The van der Waals surface area contributed by atoms with Crippen molar-refractivity contribution in [3.8, 4) is 6.07 Å². The first-order valence-electron chi connectivity index (χ1n) is 5.10. The molecule has 0 aromatic carbocycles. The van der Waals surface area contributed by atoms with Gasteiger partial charge in [0.05, 0.1) is 6.07 Å². The number of hydrogen-bond donors (Lipinski definition) is 0. The van der Waals surface area contributed by atoms with E-state index in [1.807, 2.05) is 33.8 Å². The van der Waals surface area contributed by atoms with Gasteiger partial charge in [0, 0.05) is 12.0 Å². The van der Waals surface area contributed by atoms with E-state index in [-0.39, 0.29) is 5.92 Å². The number of halogens is 1. The van der Waals surface area contributed by atoms with Crippen LogP contribution in [-0.2, 0) is 0 Å².